The zero-order valence-electron chi connectivity index (χ0n) is 11.6. The van der Waals surface area contributed by atoms with E-state index in [0.717, 1.165) is 19.0 Å². The van der Waals surface area contributed by atoms with Crippen molar-refractivity contribution in [3.8, 4) is 0 Å². The van der Waals surface area contributed by atoms with Gasteiger partial charge in [-0.3, -0.25) is 4.90 Å². The van der Waals surface area contributed by atoms with E-state index in [9.17, 15) is 0 Å². The van der Waals surface area contributed by atoms with E-state index >= 15 is 0 Å². The van der Waals surface area contributed by atoms with Crippen LogP contribution in [0.2, 0.25) is 0 Å². The molecule has 0 radical (unpaired) electrons. The molecule has 1 aliphatic heterocycles. The molecule has 0 aromatic carbocycles. The molecule has 17 heavy (non-hydrogen) atoms. The van der Waals surface area contributed by atoms with Crippen molar-refractivity contribution >= 4 is 0 Å². The molecule has 100 valence electrons. The minimum Gasteiger partial charge on any atom is -0.373 e. The summed E-state index contributed by atoms with van der Waals surface area (Å²) >= 11 is 0. The average molecular weight is 240 g/mol. The fourth-order valence-electron chi connectivity index (χ4n) is 3.55. The van der Waals surface area contributed by atoms with Gasteiger partial charge in [0, 0.05) is 25.7 Å². The predicted octanol–water partition coefficient (Wildman–Crippen LogP) is 1.87. The van der Waals surface area contributed by atoms with Crippen LogP contribution in [0.3, 0.4) is 0 Å². The van der Waals surface area contributed by atoms with E-state index < -0.39 is 0 Å². The minimum absolute atomic E-state index is 0.389. The third kappa shape index (κ3) is 3.67. The summed E-state index contributed by atoms with van der Waals surface area (Å²) in [6.07, 6.45) is 6.47. The summed E-state index contributed by atoms with van der Waals surface area (Å²) < 4.78 is 5.79. The summed E-state index contributed by atoms with van der Waals surface area (Å²) in [4.78, 5) is 2.58. The third-order valence-corrected chi connectivity index (χ3v) is 4.29. The molecule has 1 heterocycles. The number of hydrogen-bond donors (Lipinski definition) is 1. The smallest absolute Gasteiger partial charge is 0.0678 e. The first-order valence-corrected chi connectivity index (χ1v) is 7.24. The van der Waals surface area contributed by atoms with Crippen molar-refractivity contribution in [1.82, 2.24) is 10.2 Å². The van der Waals surface area contributed by atoms with Gasteiger partial charge < -0.3 is 10.1 Å². The molecule has 1 aliphatic carbocycles. The van der Waals surface area contributed by atoms with E-state index in [-0.39, 0.29) is 0 Å². The van der Waals surface area contributed by atoms with Gasteiger partial charge in [0.1, 0.15) is 0 Å². The second-order valence-corrected chi connectivity index (χ2v) is 5.92. The van der Waals surface area contributed by atoms with Crippen LogP contribution in [0.25, 0.3) is 0 Å². The highest BCUT2D eigenvalue weighted by molar-refractivity contribution is 4.84. The number of hydrogen-bond acceptors (Lipinski definition) is 3. The van der Waals surface area contributed by atoms with Gasteiger partial charge in [-0.05, 0) is 39.7 Å². The number of ether oxygens (including phenoxy) is 1. The third-order valence-electron chi connectivity index (χ3n) is 4.29. The normalized spacial score (nSPS) is 34.1. The quantitative estimate of drug-likeness (QED) is 0.812. The van der Waals surface area contributed by atoms with Crippen molar-refractivity contribution in [1.29, 1.82) is 0 Å². The van der Waals surface area contributed by atoms with Gasteiger partial charge in [0.25, 0.3) is 0 Å². The van der Waals surface area contributed by atoms with E-state index in [1.165, 1.54) is 32.2 Å². The highest BCUT2D eigenvalue weighted by Gasteiger charge is 2.28. The van der Waals surface area contributed by atoms with Gasteiger partial charge in [0.2, 0.25) is 0 Å². The molecular formula is C14H28N2O. The first-order valence-electron chi connectivity index (χ1n) is 7.24. The van der Waals surface area contributed by atoms with Gasteiger partial charge in [-0.15, -0.1) is 0 Å². The van der Waals surface area contributed by atoms with Crippen LogP contribution in [0.1, 0.15) is 39.5 Å². The van der Waals surface area contributed by atoms with Crippen molar-refractivity contribution in [2.24, 2.45) is 5.92 Å². The molecular weight excluding hydrogens is 212 g/mol. The number of morpholine rings is 1. The maximum Gasteiger partial charge on any atom is 0.0678 e. The fourth-order valence-corrected chi connectivity index (χ4v) is 3.55. The van der Waals surface area contributed by atoms with Crippen molar-refractivity contribution in [3.05, 3.63) is 0 Å². The second-order valence-electron chi connectivity index (χ2n) is 5.92. The van der Waals surface area contributed by atoms with Gasteiger partial charge >= 0.3 is 0 Å². The fraction of sp³-hybridized carbons (Fsp3) is 1.00. The lowest BCUT2D eigenvalue weighted by atomic mass is 9.97. The molecule has 3 unspecified atom stereocenters. The van der Waals surface area contributed by atoms with Crippen molar-refractivity contribution < 1.29 is 4.74 Å². The summed E-state index contributed by atoms with van der Waals surface area (Å²) in [6.45, 7) is 7.75. The Bertz CT molecular complexity index is 218. The molecule has 2 fully saturated rings. The summed E-state index contributed by atoms with van der Waals surface area (Å²) in [5, 5.41) is 3.54. The van der Waals surface area contributed by atoms with Gasteiger partial charge in [0.15, 0.2) is 0 Å². The van der Waals surface area contributed by atoms with Crippen molar-refractivity contribution in [2.45, 2.75) is 57.8 Å². The van der Waals surface area contributed by atoms with E-state index in [1.807, 2.05) is 0 Å². The molecule has 2 rings (SSSR count). The first-order chi connectivity index (χ1) is 8.19. The van der Waals surface area contributed by atoms with Crippen molar-refractivity contribution in [2.75, 3.05) is 26.7 Å². The monoisotopic (exact) mass is 240 g/mol. The molecule has 0 bridgehead atoms. The first kappa shape index (κ1) is 13.3. The summed E-state index contributed by atoms with van der Waals surface area (Å²) in [7, 11) is 2.12. The molecule has 2 aliphatic rings. The second kappa shape index (κ2) is 6.17. The Morgan fingerprint density at radius 3 is 2.29 bits per heavy atom. The molecule has 0 amide bonds. The van der Waals surface area contributed by atoms with E-state index in [4.69, 9.17) is 4.74 Å². The Balaban J connectivity index is 1.84. The van der Waals surface area contributed by atoms with Crippen LogP contribution in [0.5, 0.6) is 0 Å². The number of rotatable bonds is 4. The largest absolute Gasteiger partial charge is 0.373 e. The number of nitrogens with one attached hydrogen (secondary N) is 1. The average Bonchev–Trinajstić information content (AvgIpc) is 2.77. The lowest BCUT2D eigenvalue weighted by molar-refractivity contribution is -0.0709. The topological polar surface area (TPSA) is 24.5 Å². The molecule has 1 N–H and O–H groups in total. The van der Waals surface area contributed by atoms with Crippen LogP contribution in [-0.4, -0.2) is 49.8 Å². The molecule has 0 aromatic heterocycles. The standard InChI is InChI=1S/C14H28N2O/c1-11-8-16(9-12(2)17-11)10-14(15-3)13-6-4-5-7-13/h11-15H,4-10H2,1-3H3. The maximum absolute atomic E-state index is 5.79. The van der Waals surface area contributed by atoms with Crippen molar-refractivity contribution in [3.63, 3.8) is 0 Å². The molecule has 3 nitrogen and oxygen atoms in total. The lowest BCUT2D eigenvalue weighted by Gasteiger charge is -2.38. The van der Waals surface area contributed by atoms with Crippen LogP contribution < -0.4 is 5.32 Å². The van der Waals surface area contributed by atoms with E-state index in [1.54, 1.807) is 0 Å². The SMILES string of the molecule is CNC(CN1CC(C)OC(C)C1)C1CCCC1. The van der Waals surface area contributed by atoms with Gasteiger partial charge in [-0.25, -0.2) is 0 Å². The van der Waals surface area contributed by atoms with Gasteiger partial charge in [0.05, 0.1) is 12.2 Å². The molecule has 0 aromatic rings. The predicted molar refractivity (Wildman–Crippen MR) is 71.3 cm³/mol. The Hall–Kier alpha value is -0.120. The summed E-state index contributed by atoms with van der Waals surface area (Å²) in [5.74, 6) is 0.897. The van der Waals surface area contributed by atoms with E-state index in [0.29, 0.717) is 18.2 Å². The number of likely N-dealkylation sites (N-methyl/N-ethyl adjacent to an activating group) is 1. The van der Waals surface area contributed by atoms with Gasteiger partial charge in [-0.2, -0.15) is 0 Å². The van der Waals surface area contributed by atoms with Crippen LogP contribution in [0, 0.1) is 5.92 Å². The Labute approximate surface area is 106 Å². The molecule has 1 saturated heterocycles. The Morgan fingerprint density at radius 2 is 1.76 bits per heavy atom. The zero-order valence-corrected chi connectivity index (χ0v) is 11.6. The number of nitrogens with zero attached hydrogens (tertiary/aromatic N) is 1. The molecule has 3 heteroatoms. The molecule has 3 atom stereocenters. The highest BCUT2D eigenvalue weighted by atomic mass is 16.5. The maximum atomic E-state index is 5.79. The minimum atomic E-state index is 0.389. The van der Waals surface area contributed by atoms with Gasteiger partial charge in [-0.1, -0.05) is 12.8 Å². The summed E-state index contributed by atoms with van der Waals surface area (Å²) in [6, 6.07) is 0.676. The molecule has 1 saturated carbocycles. The van der Waals surface area contributed by atoms with Crippen LogP contribution >= 0.6 is 0 Å². The van der Waals surface area contributed by atoms with E-state index in [2.05, 4.69) is 31.1 Å². The van der Waals surface area contributed by atoms with Crippen LogP contribution in [0.4, 0.5) is 0 Å². The van der Waals surface area contributed by atoms with Crippen LogP contribution in [-0.2, 0) is 4.74 Å². The highest BCUT2D eigenvalue weighted by Crippen LogP contribution is 2.28. The summed E-state index contributed by atoms with van der Waals surface area (Å²) in [5.41, 5.74) is 0. The van der Waals surface area contributed by atoms with Crippen LogP contribution in [0.15, 0.2) is 0 Å². The Morgan fingerprint density at radius 1 is 1.18 bits per heavy atom. The zero-order chi connectivity index (χ0) is 12.3. The molecule has 0 spiro atoms. The Kier molecular flexibility index (Phi) is 4.83. The lowest BCUT2D eigenvalue weighted by Crippen LogP contribution is -2.51.